The van der Waals surface area contributed by atoms with E-state index in [0.717, 1.165) is 109 Å². The Morgan fingerprint density at radius 3 is 1.24 bits per heavy atom. The molecule has 0 saturated heterocycles. The zero-order valence-electron chi connectivity index (χ0n) is 31.6. The summed E-state index contributed by atoms with van der Waals surface area (Å²) in [6, 6.07) is -0.651. The maximum absolute atomic E-state index is 12.2. The van der Waals surface area contributed by atoms with E-state index >= 15 is 0 Å². The molecule has 278 valence electrons. The molecule has 0 aromatic rings. The van der Waals surface area contributed by atoms with Gasteiger partial charge in [0.1, 0.15) is 0 Å². The number of hydrogen-bond acceptors (Lipinski definition) is 3. The molecule has 1 amide bonds. The second-order valence-electron chi connectivity index (χ2n) is 12.3. The van der Waals surface area contributed by atoms with Crippen LogP contribution in [-0.2, 0) is 4.79 Å². The van der Waals surface area contributed by atoms with E-state index in [1.165, 1.54) is 0 Å². The first-order valence-electron chi connectivity index (χ1n) is 19.4. The third kappa shape index (κ3) is 35.8. The van der Waals surface area contributed by atoms with Gasteiger partial charge in [0.2, 0.25) is 5.91 Å². The molecule has 0 saturated carbocycles. The molecule has 2 unspecified atom stereocenters. The minimum atomic E-state index is -0.863. The van der Waals surface area contributed by atoms with Crippen LogP contribution in [0.2, 0.25) is 0 Å². The molecule has 0 spiro atoms. The lowest BCUT2D eigenvalue weighted by Crippen LogP contribution is -2.45. The van der Waals surface area contributed by atoms with Gasteiger partial charge in [-0.15, -0.1) is 0 Å². The Kier molecular flexibility index (Phi) is 37.2. The first-order valence-corrected chi connectivity index (χ1v) is 19.4. The molecule has 0 radical (unpaired) electrons. The van der Waals surface area contributed by atoms with E-state index in [4.69, 9.17) is 0 Å². The number of aliphatic hydroxyl groups is 2. The van der Waals surface area contributed by atoms with Gasteiger partial charge in [0.25, 0.3) is 0 Å². The van der Waals surface area contributed by atoms with Gasteiger partial charge in [-0.3, -0.25) is 4.79 Å². The smallest absolute Gasteiger partial charge is 0.220 e. The Morgan fingerprint density at radius 2 is 0.860 bits per heavy atom. The lowest BCUT2D eigenvalue weighted by Gasteiger charge is -2.19. The van der Waals surface area contributed by atoms with Gasteiger partial charge in [-0.1, -0.05) is 160 Å². The number of carbonyl (C=O) groups excluding carboxylic acids is 1. The van der Waals surface area contributed by atoms with E-state index in [1.807, 2.05) is 6.08 Å². The van der Waals surface area contributed by atoms with Crippen LogP contribution in [-0.4, -0.2) is 34.9 Å². The highest BCUT2D eigenvalue weighted by atomic mass is 16.3. The number of amides is 1. The van der Waals surface area contributed by atoms with Crippen LogP contribution < -0.4 is 5.32 Å². The van der Waals surface area contributed by atoms with E-state index in [0.29, 0.717) is 6.42 Å². The van der Waals surface area contributed by atoms with Crippen molar-refractivity contribution in [3.63, 3.8) is 0 Å². The highest BCUT2D eigenvalue weighted by Crippen LogP contribution is 2.06. The van der Waals surface area contributed by atoms with E-state index in [1.54, 1.807) is 6.08 Å². The molecule has 0 aliphatic rings. The minimum Gasteiger partial charge on any atom is -0.394 e. The third-order valence-corrected chi connectivity index (χ3v) is 7.64. The number of nitrogens with one attached hydrogen (secondary N) is 1. The summed E-state index contributed by atoms with van der Waals surface area (Å²) in [7, 11) is 0. The SMILES string of the molecule is CC/C=C\C/C=C\C/C=C\C/C=C\C/C=C\C/C=C\C/C=C\C/C=C\C/C=C\C/C=C\CCCCC(=O)NC(CO)C(O)/C=C/CCCCC. The van der Waals surface area contributed by atoms with Crippen LogP contribution >= 0.6 is 0 Å². The van der Waals surface area contributed by atoms with Crippen LogP contribution in [0.4, 0.5) is 0 Å². The summed E-state index contributed by atoms with van der Waals surface area (Å²) in [6.07, 6.45) is 64.4. The Hall–Kier alpha value is -3.47. The summed E-state index contributed by atoms with van der Waals surface area (Å²) in [5, 5.41) is 22.5. The maximum atomic E-state index is 12.2. The Labute approximate surface area is 307 Å². The summed E-state index contributed by atoms with van der Waals surface area (Å²) >= 11 is 0. The standard InChI is InChI=1S/C46H71NO3/c1-3-5-7-9-10-11-12-13-14-15-16-17-18-19-20-21-22-23-24-25-26-27-28-29-30-31-32-33-34-35-36-38-40-42-46(50)47-44(43-48)45(49)41-39-37-8-6-4-2/h5,7,10-11,13-14,16-17,19-20,22-23,25-26,28-29,31-32,34-35,39,41,44-45,48-49H,3-4,6,8-9,12,15,18,21,24,27,30,33,36-38,40,42-43H2,1-2H3,(H,47,50)/b7-5-,11-10-,14-13-,17-16-,20-19-,23-22-,26-25-,29-28-,32-31-,35-34-,41-39+. The maximum Gasteiger partial charge on any atom is 0.220 e. The van der Waals surface area contributed by atoms with Crippen molar-refractivity contribution in [2.24, 2.45) is 0 Å². The van der Waals surface area contributed by atoms with Gasteiger partial charge in [-0.2, -0.15) is 0 Å². The molecule has 50 heavy (non-hydrogen) atoms. The van der Waals surface area contributed by atoms with Crippen LogP contribution in [0.25, 0.3) is 0 Å². The zero-order chi connectivity index (χ0) is 36.4. The van der Waals surface area contributed by atoms with Crippen molar-refractivity contribution in [2.75, 3.05) is 6.61 Å². The van der Waals surface area contributed by atoms with Crippen LogP contribution in [0.15, 0.2) is 134 Å². The molecule has 0 aromatic heterocycles. The molecule has 0 aliphatic carbocycles. The summed E-state index contributed by atoms with van der Waals surface area (Å²) < 4.78 is 0. The molecule has 0 aliphatic heterocycles. The van der Waals surface area contributed by atoms with Gasteiger partial charge in [-0.25, -0.2) is 0 Å². The quantitative estimate of drug-likeness (QED) is 0.0487. The molecule has 0 heterocycles. The van der Waals surface area contributed by atoms with Crippen molar-refractivity contribution in [1.82, 2.24) is 5.32 Å². The fourth-order valence-electron chi connectivity index (χ4n) is 4.67. The summed E-state index contributed by atoms with van der Waals surface area (Å²) in [5.74, 6) is -0.122. The van der Waals surface area contributed by atoms with Crippen LogP contribution in [0.1, 0.15) is 129 Å². The number of hydrogen-bond donors (Lipinski definition) is 3. The van der Waals surface area contributed by atoms with Crippen molar-refractivity contribution in [1.29, 1.82) is 0 Å². The van der Waals surface area contributed by atoms with Crippen molar-refractivity contribution in [3.05, 3.63) is 134 Å². The van der Waals surface area contributed by atoms with E-state index in [-0.39, 0.29) is 12.5 Å². The molecule has 0 bridgehead atoms. The van der Waals surface area contributed by atoms with Crippen molar-refractivity contribution < 1.29 is 15.0 Å². The highest BCUT2D eigenvalue weighted by molar-refractivity contribution is 5.76. The molecule has 2 atom stereocenters. The lowest BCUT2D eigenvalue weighted by molar-refractivity contribution is -0.123. The molecule has 4 heteroatoms. The Bertz CT molecular complexity index is 1100. The monoisotopic (exact) mass is 686 g/mol. The van der Waals surface area contributed by atoms with Crippen molar-refractivity contribution >= 4 is 5.91 Å². The molecular weight excluding hydrogens is 615 g/mol. The first-order chi connectivity index (χ1) is 24.7. The van der Waals surface area contributed by atoms with Crippen molar-refractivity contribution in [3.8, 4) is 0 Å². The molecule has 4 nitrogen and oxygen atoms in total. The third-order valence-electron chi connectivity index (χ3n) is 7.64. The average molecular weight is 686 g/mol. The van der Waals surface area contributed by atoms with Gasteiger partial charge in [0.05, 0.1) is 18.8 Å². The first kappa shape index (κ1) is 46.5. The molecule has 3 N–H and O–H groups in total. The fourth-order valence-corrected chi connectivity index (χ4v) is 4.67. The van der Waals surface area contributed by atoms with Gasteiger partial charge < -0.3 is 15.5 Å². The largest absolute Gasteiger partial charge is 0.394 e. The predicted molar refractivity (Wildman–Crippen MR) is 220 cm³/mol. The van der Waals surface area contributed by atoms with E-state index in [2.05, 4.69) is 141 Å². The zero-order valence-corrected chi connectivity index (χ0v) is 31.6. The summed E-state index contributed by atoms with van der Waals surface area (Å²) in [4.78, 5) is 12.2. The normalized spacial score (nSPS) is 14.6. The number of rotatable bonds is 32. The van der Waals surface area contributed by atoms with Gasteiger partial charge in [0, 0.05) is 6.42 Å². The average Bonchev–Trinajstić information content (AvgIpc) is 3.12. The second-order valence-corrected chi connectivity index (χ2v) is 12.3. The number of carbonyl (C=O) groups is 1. The predicted octanol–water partition coefficient (Wildman–Crippen LogP) is 12.0. The summed E-state index contributed by atoms with van der Waals surface area (Å²) in [5.41, 5.74) is 0. The van der Waals surface area contributed by atoms with E-state index in [9.17, 15) is 15.0 Å². The Morgan fingerprint density at radius 1 is 0.500 bits per heavy atom. The van der Waals surface area contributed by atoms with Crippen LogP contribution in [0, 0.1) is 0 Å². The topological polar surface area (TPSA) is 69.6 Å². The van der Waals surface area contributed by atoms with Gasteiger partial charge >= 0.3 is 0 Å². The highest BCUT2D eigenvalue weighted by Gasteiger charge is 2.17. The number of unbranched alkanes of at least 4 members (excludes halogenated alkanes) is 5. The molecule has 0 fully saturated rings. The van der Waals surface area contributed by atoms with Crippen LogP contribution in [0.3, 0.4) is 0 Å². The minimum absolute atomic E-state index is 0.122. The van der Waals surface area contributed by atoms with Gasteiger partial charge in [-0.05, 0) is 96.3 Å². The fraction of sp³-hybridized carbons (Fsp3) is 0.500. The molecular formula is C46H71NO3. The summed E-state index contributed by atoms with van der Waals surface area (Å²) in [6.45, 7) is 4.04. The number of allylic oxidation sites excluding steroid dienone is 21. The lowest BCUT2D eigenvalue weighted by atomic mass is 10.1. The Balaban J connectivity index is 3.75. The van der Waals surface area contributed by atoms with E-state index < -0.39 is 12.1 Å². The van der Waals surface area contributed by atoms with Crippen molar-refractivity contribution in [2.45, 2.75) is 142 Å². The molecule has 0 aromatic carbocycles. The van der Waals surface area contributed by atoms with Gasteiger partial charge in [0.15, 0.2) is 0 Å². The second kappa shape index (κ2) is 40.0. The molecule has 0 rings (SSSR count). The van der Waals surface area contributed by atoms with Crippen LogP contribution in [0.5, 0.6) is 0 Å². The number of aliphatic hydroxyl groups excluding tert-OH is 2.